The highest BCUT2D eigenvalue weighted by Gasteiger charge is 2.64. The molecule has 2 bridgehead atoms. The number of aromatic hydroxyl groups is 1. The second-order valence-corrected chi connectivity index (χ2v) is 22.4. The number of benzene rings is 2. The molecule has 75 heavy (non-hydrogen) atoms. The SMILES string of the molecule is CO[C@H]1[C@H](O[C@@H]2c3c(cc4c(c3O)C(=O)c3c(ccc5c3O[C@@H]3O[C@@]5(C)[C@@H](O[C@H]5C[C@](C)([N+](=O)[O-])[C@H](O[C@@H]6O[C@@H](C)[C@H](O)[C@@](C)(O)[C@H]6OC)[C@@H](C)O5)[C@@H](N(C)C)[C@@H]3O)C4=O)C[C@](C)(O)[C@H]2OC)O[C@@H](C)[C@H](O)[C@@]1(C)O. The summed E-state index contributed by atoms with van der Waals surface area (Å²) in [7, 11) is 7.23. The summed E-state index contributed by atoms with van der Waals surface area (Å²) >= 11 is 0. The molecule has 22 atom stereocenters. The third-order valence-corrected chi connectivity index (χ3v) is 16.9. The number of nitrogens with zero attached hydrogens (tertiary/aromatic N) is 2. The molecule has 24 heteroatoms. The molecule has 0 spiro atoms. The number of ether oxygens (including phenoxy) is 11. The maximum absolute atomic E-state index is 15.3. The molecule has 2 aromatic carbocycles. The standard InChI is InChI=1S/C51H70N2O22/c1-19-37(58)49(6,61)42(66-12)45(69-19)73-36-27-22(17-48(5,60)41(36)65-11)16-24-28(32(27)55)33(56)29-23(31(24)54)14-15-25-35(29)72-44-34(57)30(52(9)10)40(51(25,8)75-44)71-26-18-47(4,53(63)64)39(21(3)68-26)74-46-43(67-13)50(7,62)38(59)20(2)70-46/h14-16,19-21,26,30,34,36-46,55,57-62H,17-18H2,1-13H3/t19-,20-,21+,26-,30-,34-,36+,37-,38-,39+,40-,41-,42-,43-,44+,45-,46-,47-,48-,49+,50+,51+/m0/s1. The molecule has 24 nitrogen and oxygen atoms in total. The first-order chi connectivity index (χ1) is 34.9. The third-order valence-electron chi connectivity index (χ3n) is 16.9. The van der Waals surface area contributed by atoms with Gasteiger partial charge in [0, 0.05) is 61.9 Å². The van der Waals surface area contributed by atoms with E-state index in [0.29, 0.717) is 0 Å². The molecule has 0 amide bonds. The molecule has 0 radical (unpaired) electrons. The molecule has 7 N–H and O–H groups in total. The van der Waals surface area contributed by atoms with Gasteiger partial charge in [0.15, 0.2) is 30.8 Å². The molecule has 0 saturated carbocycles. The van der Waals surface area contributed by atoms with Crippen molar-refractivity contribution in [1.29, 1.82) is 0 Å². The van der Waals surface area contributed by atoms with E-state index in [1.807, 2.05) is 0 Å². The number of hydrogen-bond acceptors (Lipinski definition) is 23. The van der Waals surface area contributed by atoms with Gasteiger partial charge in [0.05, 0.1) is 47.5 Å². The molecule has 5 aliphatic heterocycles. The molecule has 0 aromatic heterocycles. The van der Waals surface area contributed by atoms with Crippen LogP contribution < -0.4 is 4.74 Å². The number of phenolic OH excluding ortho intramolecular Hbond substituents is 1. The fourth-order valence-corrected chi connectivity index (χ4v) is 12.9. The summed E-state index contributed by atoms with van der Waals surface area (Å²) in [5.74, 6) is -2.37. The zero-order valence-electron chi connectivity index (χ0n) is 44.1. The van der Waals surface area contributed by atoms with Gasteiger partial charge in [-0.05, 0) is 80.3 Å². The van der Waals surface area contributed by atoms with Crippen molar-refractivity contribution < 1.29 is 102 Å². The van der Waals surface area contributed by atoms with E-state index < -0.39 is 167 Å². The Balaban J connectivity index is 1.08. The number of hydrogen-bond donors (Lipinski definition) is 7. The first-order valence-corrected chi connectivity index (χ1v) is 25.0. The van der Waals surface area contributed by atoms with Crippen molar-refractivity contribution in [3.63, 3.8) is 0 Å². The van der Waals surface area contributed by atoms with Crippen LogP contribution in [0.5, 0.6) is 11.5 Å². The van der Waals surface area contributed by atoms with Crippen LogP contribution in [-0.4, -0.2) is 213 Å². The van der Waals surface area contributed by atoms with E-state index in [4.69, 9.17) is 52.1 Å². The van der Waals surface area contributed by atoms with Gasteiger partial charge < -0.3 is 92.8 Å². The highest BCUT2D eigenvalue weighted by Crippen LogP contribution is 2.55. The molecule has 9 rings (SSSR count). The number of rotatable bonds is 11. The van der Waals surface area contributed by atoms with Crippen molar-refractivity contribution in [2.45, 2.75) is 201 Å². The van der Waals surface area contributed by atoms with Crippen molar-refractivity contribution in [3.05, 3.63) is 67.3 Å². The lowest BCUT2D eigenvalue weighted by atomic mass is 9.71. The van der Waals surface area contributed by atoms with Gasteiger partial charge >= 0.3 is 0 Å². The predicted molar refractivity (Wildman–Crippen MR) is 254 cm³/mol. The number of nitro groups is 1. The molecule has 7 aliphatic rings. The highest BCUT2D eigenvalue weighted by atomic mass is 16.8. The second-order valence-electron chi connectivity index (χ2n) is 22.4. The van der Waals surface area contributed by atoms with E-state index in [0.717, 1.165) is 0 Å². The van der Waals surface area contributed by atoms with Crippen LogP contribution in [0.4, 0.5) is 0 Å². The number of fused-ring (bicyclic) bond motifs is 8. The zero-order chi connectivity index (χ0) is 55.1. The topological polar surface area (TPSA) is 324 Å². The quantitative estimate of drug-likeness (QED) is 0.101. The molecule has 2 aromatic rings. The van der Waals surface area contributed by atoms with Crippen molar-refractivity contribution in [2.75, 3.05) is 35.4 Å². The van der Waals surface area contributed by atoms with Crippen LogP contribution in [-0.2, 0) is 59.4 Å². The minimum atomic E-state index is -1.95. The number of phenols is 1. The van der Waals surface area contributed by atoms with Crippen molar-refractivity contribution in [2.24, 2.45) is 0 Å². The number of carbonyl (C=O) groups is 2. The predicted octanol–water partition coefficient (Wildman–Crippen LogP) is 0.487. The summed E-state index contributed by atoms with van der Waals surface area (Å²) in [4.78, 5) is 44.4. The van der Waals surface area contributed by atoms with Crippen molar-refractivity contribution in [3.8, 4) is 11.5 Å². The molecular weight excluding hydrogens is 993 g/mol. The maximum Gasteiger partial charge on any atom is 0.252 e. The lowest BCUT2D eigenvalue weighted by Gasteiger charge is -2.56. The molecule has 2 aliphatic carbocycles. The molecule has 5 heterocycles. The summed E-state index contributed by atoms with van der Waals surface area (Å²) < 4.78 is 67.7. The van der Waals surface area contributed by atoms with Crippen LogP contribution in [0.25, 0.3) is 0 Å². The average molecular weight is 1060 g/mol. The fourth-order valence-electron chi connectivity index (χ4n) is 12.9. The monoisotopic (exact) mass is 1060 g/mol. The van der Waals surface area contributed by atoms with E-state index in [1.165, 1.54) is 81.1 Å². The third kappa shape index (κ3) is 8.45. The number of aliphatic hydroxyl groups is 6. The van der Waals surface area contributed by atoms with Crippen LogP contribution in [0.3, 0.4) is 0 Å². The molecule has 0 unspecified atom stereocenters. The zero-order valence-corrected chi connectivity index (χ0v) is 44.1. The molecular formula is C51H70N2O22. The molecule has 4 fully saturated rings. The first kappa shape index (κ1) is 55.8. The molecule has 416 valence electrons. The Hall–Kier alpha value is -3.90. The average Bonchev–Trinajstić information content (AvgIpc) is 3.31. The smallest absolute Gasteiger partial charge is 0.252 e. The van der Waals surface area contributed by atoms with E-state index in [2.05, 4.69) is 0 Å². The number of carbonyl (C=O) groups excluding carboxylic acids is 2. The van der Waals surface area contributed by atoms with E-state index in [9.17, 15) is 50.7 Å². The van der Waals surface area contributed by atoms with E-state index >= 15 is 4.79 Å². The van der Waals surface area contributed by atoms with Gasteiger partial charge in [0.1, 0.15) is 77.1 Å². The van der Waals surface area contributed by atoms with Gasteiger partial charge in [-0.15, -0.1) is 0 Å². The van der Waals surface area contributed by atoms with Gasteiger partial charge in [0.2, 0.25) is 12.1 Å². The number of likely N-dealkylation sites (N-methyl/N-ethyl adjacent to an activating group) is 1. The Bertz CT molecular complexity index is 2590. The van der Waals surface area contributed by atoms with Crippen LogP contribution in [0.15, 0.2) is 18.2 Å². The number of aliphatic hydroxyl groups excluding tert-OH is 3. The Kier molecular flexibility index (Phi) is 14.3. The maximum atomic E-state index is 15.3. The fraction of sp³-hybridized carbons (Fsp3) is 0.725. The largest absolute Gasteiger partial charge is 0.507 e. The highest BCUT2D eigenvalue weighted by molar-refractivity contribution is 6.30. The van der Waals surface area contributed by atoms with E-state index in [-0.39, 0.29) is 45.6 Å². The van der Waals surface area contributed by atoms with Gasteiger partial charge in [-0.2, -0.15) is 0 Å². The van der Waals surface area contributed by atoms with Gasteiger partial charge in [-0.1, -0.05) is 6.07 Å². The Morgan fingerprint density at radius 1 is 0.733 bits per heavy atom. The number of methoxy groups -OCH3 is 3. The number of ketones is 2. The summed E-state index contributed by atoms with van der Waals surface area (Å²) in [5.41, 5.74) is -9.67. The summed E-state index contributed by atoms with van der Waals surface area (Å²) in [5, 5.41) is 93.8. The van der Waals surface area contributed by atoms with Gasteiger partial charge in [0.25, 0.3) is 5.54 Å². The van der Waals surface area contributed by atoms with Crippen molar-refractivity contribution in [1.82, 2.24) is 4.90 Å². The normalized spacial score (nSPS) is 45.3. The van der Waals surface area contributed by atoms with E-state index in [1.54, 1.807) is 32.8 Å². The van der Waals surface area contributed by atoms with Crippen LogP contribution in [0, 0.1) is 10.1 Å². The first-order valence-electron chi connectivity index (χ1n) is 25.0. The minimum absolute atomic E-state index is 0.0229. The van der Waals surface area contributed by atoms with Crippen molar-refractivity contribution >= 4 is 11.6 Å². The summed E-state index contributed by atoms with van der Waals surface area (Å²) in [6.45, 7) is 11.7. The Morgan fingerprint density at radius 3 is 1.85 bits per heavy atom. The van der Waals surface area contributed by atoms with Crippen LogP contribution in [0.2, 0.25) is 0 Å². The van der Waals surface area contributed by atoms with Crippen LogP contribution >= 0.6 is 0 Å². The lowest BCUT2D eigenvalue weighted by Crippen LogP contribution is -2.71. The lowest BCUT2D eigenvalue weighted by molar-refractivity contribution is -0.600. The second kappa shape index (κ2) is 19.2. The Labute approximate surface area is 432 Å². The summed E-state index contributed by atoms with van der Waals surface area (Å²) in [6, 6.07) is 3.39. The van der Waals surface area contributed by atoms with Gasteiger partial charge in [-0.25, -0.2) is 0 Å². The minimum Gasteiger partial charge on any atom is -0.507 e. The molecule has 4 saturated heterocycles. The Morgan fingerprint density at radius 2 is 1.31 bits per heavy atom. The van der Waals surface area contributed by atoms with Crippen LogP contribution in [0.1, 0.15) is 116 Å². The summed E-state index contributed by atoms with van der Waals surface area (Å²) in [6.07, 6.45) is -21.4. The van der Waals surface area contributed by atoms with Gasteiger partial charge in [-0.3, -0.25) is 19.7 Å².